The molecule has 0 bridgehead atoms. The van der Waals surface area contributed by atoms with Crippen LogP contribution in [0.3, 0.4) is 0 Å². The Bertz CT molecular complexity index is 461. The summed E-state index contributed by atoms with van der Waals surface area (Å²) in [5.41, 5.74) is 2.12. The summed E-state index contributed by atoms with van der Waals surface area (Å²) in [5.74, 6) is -0.0705. The zero-order valence-electron chi connectivity index (χ0n) is 10.7. The van der Waals surface area contributed by atoms with Crippen LogP contribution in [0.5, 0.6) is 5.75 Å². The smallest absolute Gasteiger partial charge is 0.172 e. The van der Waals surface area contributed by atoms with Crippen LogP contribution in [0.2, 0.25) is 0 Å². The number of rotatable bonds is 3. The van der Waals surface area contributed by atoms with E-state index in [4.69, 9.17) is 12.2 Å². The van der Waals surface area contributed by atoms with E-state index in [0.29, 0.717) is 27.5 Å². The number of thiocarbonyl (C=S) groups is 1. The van der Waals surface area contributed by atoms with Gasteiger partial charge in [0.2, 0.25) is 0 Å². The van der Waals surface area contributed by atoms with Gasteiger partial charge in [-0.05, 0) is 30.8 Å². The molecule has 6 heteroatoms. The van der Waals surface area contributed by atoms with E-state index in [9.17, 15) is 15.3 Å². The Morgan fingerprint density at radius 3 is 2.39 bits per heavy atom. The van der Waals surface area contributed by atoms with Gasteiger partial charge in [-0.25, -0.2) is 0 Å². The largest absolute Gasteiger partial charge is 0.507 e. The molecule has 1 rings (SSSR count). The van der Waals surface area contributed by atoms with Crippen LogP contribution in [0.4, 0.5) is 5.69 Å². The Hall–Kier alpha value is -1.37. The van der Waals surface area contributed by atoms with E-state index in [1.807, 2.05) is 14.1 Å². The van der Waals surface area contributed by atoms with Crippen molar-refractivity contribution >= 4 is 23.0 Å². The highest BCUT2D eigenvalue weighted by molar-refractivity contribution is 7.80. The molecule has 0 amide bonds. The lowest BCUT2D eigenvalue weighted by Gasteiger charge is -2.20. The van der Waals surface area contributed by atoms with Gasteiger partial charge in [-0.15, -0.1) is 0 Å². The van der Waals surface area contributed by atoms with Crippen LogP contribution in [-0.2, 0) is 13.2 Å². The van der Waals surface area contributed by atoms with Gasteiger partial charge in [0.1, 0.15) is 5.75 Å². The fourth-order valence-corrected chi connectivity index (χ4v) is 1.67. The first-order valence-electron chi connectivity index (χ1n) is 5.46. The van der Waals surface area contributed by atoms with E-state index < -0.39 is 0 Å². The number of benzene rings is 1. The number of aliphatic hydroxyl groups excluding tert-OH is 2. The molecule has 0 atom stereocenters. The highest BCUT2D eigenvalue weighted by atomic mass is 32.1. The van der Waals surface area contributed by atoms with Gasteiger partial charge in [0, 0.05) is 30.9 Å². The molecule has 0 heterocycles. The lowest BCUT2D eigenvalue weighted by atomic mass is 10.0. The normalized spacial score (nSPS) is 10.3. The summed E-state index contributed by atoms with van der Waals surface area (Å²) in [4.78, 5) is 1.73. The van der Waals surface area contributed by atoms with Crippen molar-refractivity contribution < 1.29 is 15.3 Å². The van der Waals surface area contributed by atoms with Crippen LogP contribution in [0.25, 0.3) is 0 Å². The quantitative estimate of drug-likeness (QED) is 0.484. The van der Waals surface area contributed by atoms with Crippen molar-refractivity contribution in [1.29, 1.82) is 0 Å². The predicted molar refractivity (Wildman–Crippen MR) is 74.6 cm³/mol. The molecule has 0 aliphatic carbocycles. The second-order valence-corrected chi connectivity index (χ2v) is 4.56. The summed E-state index contributed by atoms with van der Waals surface area (Å²) < 4.78 is 0. The third kappa shape index (κ3) is 2.90. The number of aliphatic hydroxyl groups is 2. The minimum atomic E-state index is -0.303. The van der Waals surface area contributed by atoms with Crippen molar-refractivity contribution in [3.8, 4) is 5.75 Å². The van der Waals surface area contributed by atoms with Gasteiger partial charge in [0.25, 0.3) is 0 Å². The third-order valence-corrected chi connectivity index (χ3v) is 3.21. The van der Waals surface area contributed by atoms with Crippen LogP contribution in [0.15, 0.2) is 6.07 Å². The maximum atomic E-state index is 9.85. The Balaban J connectivity index is 3.24. The van der Waals surface area contributed by atoms with Crippen LogP contribution in [0.1, 0.15) is 16.7 Å². The number of hydrogen-bond donors (Lipinski definition) is 4. The molecule has 0 aromatic heterocycles. The second kappa shape index (κ2) is 5.99. The minimum Gasteiger partial charge on any atom is -0.507 e. The van der Waals surface area contributed by atoms with Gasteiger partial charge in [-0.2, -0.15) is 0 Å². The molecule has 1 aromatic rings. The average Bonchev–Trinajstić information content (AvgIpc) is 2.33. The Kier molecular flexibility index (Phi) is 4.89. The van der Waals surface area contributed by atoms with Crippen molar-refractivity contribution in [3.05, 3.63) is 22.8 Å². The molecule has 5 nitrogen and oxygen atoms in total. The minimum absolute atomic E-state index is 0.0705. The number of phenols is 1. The van der Waals surface area contributed by atoms with Gasteiger partial charge >= 0.3 is 0 Å². The van der Waals surface area contributed by atoms with Crippen molar-refractivity contribution in [2.24, 2.45) is 0 Å². The molecule has 1 aromatic carbocycles. The summed E-state index contributed by atoms with van der Waals surface area (Å²) in [5, 5.41) is 31.8. The molecule has 0 aliphatic rings. The summed E-state index contributed by atoms with van der Waals surface area (Å²) in [6, 6.07) is 1.62. The molecule has 0 spiro atoms. The average molecular weight is 270 g/mol. The molecule has 0 unspecified atom stereocenters. The second-order valence-electron chi connectivity index (χ2n) is 4.18. The van der Waals surface area contributed by atoms with Crippen molar-refractivity contribution in [2.45, 2.75) is 20.1 Å². The Morgan fingerprint density at radius 2 is 1.94 bits per heavy atom. The maximum Gasteiger partial charge on any atom is 0.172 e. The monoisotopic (exact) mass is 270 g/mol. The summed E-state index contributed by atoms with van der Waals surface area (Å²) in [6.07, 6.45) is 0. The van der Waals surface area contributed by atoms with Crippen LogP contribution >= 0.6 is 12.2 Å². The number of anilines is 1. The number of nitrogens with zero attached hydrogens (tertiary/aromatic N) is 1. The first-order chi connectivity index (χ1) is 8.42. The third-order valence-electron chi connectivity index (χ3n) is 2.74. The molecule has 0 radical (unpaired) electrons. The molecule has 18 heavy (non-hydrogen) atoms. The van der Waals surface area contributed by atoms with Crippen LogP contribution < -0.4 is 5.32 Å². The van der Waals surface area contributed by atoms with Gasteiger partial charge in [-0.1, -0.05) is 0 Å². The zero-order chi connectivity index (χ0) is 13.9. The van der Waals surface area contributed by atoms with Gasteiger partial charge in [0.15, 0.2) is 5.11 Å². The number of aromatic hydroxyl groups is 1. The molecular formula is C12H18N2O3S. The summed E-state index contributed by atoms with van der Waals surface area (Å²) >= 11 is 5.14. The van der Waals surface area contributed by atoms with Crippen molar-refractivity contribution in [2.75, 3.05) is 19.4 Å². The number of nitrogens with one attached hydrogen (secondary N) is 1. The SMILES string of the molecule is Cc1c(NC(=S)N(C)C)cc(CO)c(O)c1CO. The molecule has 0 saturated carbocycles. The lowest BCUT2D eigenvalue weighted by Crippen LogP contribution is -2.27. The fraction of sp³-hybridized carbons (Fsp3) is 0.417. The molecule has 4 N–H and O–H groups in total. The Morgan fingerprint density at radius 1 is 1.33 bits per heavy atom. The van der Waals surface area contributed by atoms with E-state index in [1.165, 1.54) is 0 Å². The lowest BCUT2D eigenvalue weighted by molar-refractivity contribution is 0.263. The summed E-state index contributed by atoms with van der Waals surface area (Å²) in [6.45, 7) is 1.17. The van der Waals surface area contributed by atoms with E-state index in [-0.39, 0.29) is 19.0 Å². The van der Waals surface area contributed by atoms with Crippen molar-refractivity contribution in [3.63, 3.8) is 0 Å². The highest BCUT2D eigenvalue weighted by Gasteiger charge is 2.14. The first-order valence-corrected chi connectivity index (χ1v) is 5.87. The first kappa shape index (κ1) is 14.7. The zero-order valence-corrected chi connectivity index (χ0v) is 11.5. The maximum absolute atomic E-state index is 9.85. The number of hydrogen-bond acceptors (Lipinski definition) is 4. The van der Waals surface area contributed by atoms with Gasteiger partial charge in [-0.3, -0.25) is 0 Å². The van der Waals surface area contributed by atoms with E-state index in [0.717, 1.165) is 0 Å². The fourth-order valence-electron chi connectivity index (χ4n) is 1.56. The molecule has 0 fully saturated rings. The molecule has 100 valence electrons. The molecule has 0 saturated heterocycles. The van der Waals surface area contributed by atoms with E-state index in [1.54, 1.807) is 17.9 Å². The van der Waals surface area contributed by atoms with Crippen molar-refractivity contribution in [1.82, 2.24) is 4.90 Å². The molecule has 0 aliphatic heterocycles. The van der Waals surface area contributed by atoms with Crippen LogP contribution in [-0.4, -0.2) is 39.4 Å². The predicted octanol–water partition coefficient (Wildman–Crippen LogP) is 0.944. The van der Waals surface area contributed by atoms with Crippen LogP contribution in [0, 0.1) is 6.92 Å². The van der Waals surface area contributed by atoms with Gasteiger partial charge < -0.3 is 25.5 Å². The molecular weight excluding hydrogens is 252 g/mol. The Labute approximate surface area is 112 Å². The standard InChI is InChI=1S/C12H18N2O3S/c1-7-9(6-16)11(17)8(5-15)4-10(7)13-12(18)14(2)3/h4,15-17H,5-6H2,1-3H3,(H,13,18). The van der Waals surface area contributed by atoms with Gasteiger partial charge in [0.05, 0.1) is 13.2 Å². The highest BCUT2D eigenvalue weighted by Crippen LogP contribution is 2.32. The summed E-state index contributed by atoms with van der Waals surface area (Å²) in [7, 11) is 3.62. The van der Waals surface area contributed by atoms with E-state index >= 15 is 0 Å². The van der Waals surface area contributed by atoms with E-state index in [2.05, 4.69) is 5.32 Å². The topological polar surface area (TPSA) is 76.0 Å².